The molecule has 0 N–H and O–H groups in total. The number of piperidine rings is 1. The van der Waals surface area contributed by atoms with Gasteiger partial charge in [-0.25, -0.2) is 4.79 Å². The molecule has 1 spiro atoms. The van der Waals surface area contributed by atoms with E-state index < -0.39 is 13.9 Å². The number of hydrogen-bond donors (Lipinski definition) is 0. The number of carbonyl (C=O) groups is 1. The van der Waals surface area contributed by atoms with Crippen LogP contribution in [0.3, 0.4) is 0 Å². The van der Waals surface area contributed by atoms with Gasteiger partial charge in [-0.1, -0.05) is 142 Å². The van der Waals surface area contributed by atoms with Crippen LogP contribution in [0.15, 0.2) is 121 Å². The van der Waals surface area contributed by atoms with Crippen molar-refractivity contribution in [2.75, 3.05) is 13.1 Å². The lowest BCUT2D eigenvalue weighted by atomic mass is 9.86. The lowest BCUT2D eigenvalue weighted by Crippen LogP contribution is -2.70. The first kappa shape index (κ1) is 31.1. The Hall–Kier alpha value is -3.51. The van der Waals surface area contributed by atoms with E-state index >= 15 is 4.79 Å². The lowest BCUT2D eigenvalue weighted by molar-refractivity contribution is -0.956. The number of carbonyl (C=O) groups excluding carboxylic acids is 1. The minimum absolute atomic E-state index is 0.107. The summed E-state index contributed by atoms with van der Waals surface area (Å²) in [5.41, 5.74) is 0.145. The van der Waals surface area contributed by atoms with Crippen LogP contribution in [0, 0.1) is 0 Å². The minimum Gasteiger partial charge on any atom is -0.459 e. The topological polar surface area (TPSA) is 35.5 Å². The standard InChI is InChI=1S/C41H48NO3Si/c1-40(2,3)46(37-22-12-6-13-23-37,38-24-14-7-15-25-38)45-41(32-18-8-4-9-19-32,33-20-10-5-11-21-33)39(43)44-36-30-34-26-27-35(31-36)42(34)28-16-17-29-42/h4-15,18-25,34-36H,16-17,26-31H2,1-3H3/q+1. The Morgan fingerprint density at radius 3 is 1.48 bits per heavy atom. The number of rotatable bonds is 8. The molecule has 4 aromatic carbocycles. The molecule has 3 heterocycles. The summed E-state index contributed by atoms with van der Waals surface area (Å²) in [6.07, 6.45) is 6.94. The predicted molar refractivity (Wildman–Crippen MR) is 188 cm³/mol. The number of ether oxygens (including phenoxy) is 1. The van der Waals surface area contributed by atoms with Crippen LogP contribution < -0.4 is 10.4 Å². The van der Waals surface area contributed by atoms with E-state index in [4.69, 9.17) is 9.16 Å². The van der Waals surface area contributed by atoms with Crippen LogP contribution in [0.5, 0.6) is 0 Å². The van der Waals surface area contributed by atoms with Gasteiger partial charge in [-0.15, -0.1) is 0 Å². The van der Waals surface area contributed by atoms with Gasteiger partial charge in [0.25, 0.3) is 8.32 Å². The van der Waals surface area contributed by atoms with Crippen molar-refractivity contribution in [2.24, 2.45) is 0 Å². The van der Waals surface area contributed by atoms with Gasteiger partial charge in [0.2, 0.25) is 5.60 Å². The lowest BCUT2D eigenvalue weighted by Gasteiger charge is -2.50. The fourth-order valence-corrected chi connectivity index (χ4v) is 14.0. The van der Waals surface area contributed by atoms with Gasteiger partial charge in [-0.3, -0.25) is 0 Å². The van der Waals surface area contributed by atoms with E-state index in [1.54, 1.807) is 0 Å². The van der Waals surface area contributed by atoms with Crippen LogP contribution in [0.4, 0.5) is 0 Å². The second kappa shape index (κ2) is 12.3. The maximum Gasteiger partial charge on any atom is 0.347 e. The van der Waals surface area contributed by atoms with Crippen molar-refractivity contribution in [3.8, 4) is 0 Å². The molecule has 4 nitrogen and oxygen atoms in total. The summed E-state index contributed by atoms with van der Waals surface area (Å²) in [7, 11) is -3.22. The molecule has 3 fully saturated rings. The second-order valence-electron chi connectivity index (χ2n) is 14.8. The van der Waals surface area contributed by atoms with Crippen LogP contribution in [0.25, 0.3) is 0 Å². The van der Waals surface area contributed by atoms with Gasteiger partial charge in [-0.2, -0.15) is 0 Å². The van der Waals surface area contributed by atoms with E-state index in [1.165, 1.54) is 43.3 Å². The normalized spacial score (nSPS) is 22.5. The van der Waals surface area contributed by atoms with Crippen molar-refractivity contribution < 1.29 is 18.4 Å². The highest BCUT2D eigenvalue weighted by atomic mass is 28.4. The highest BCUT2D eigenvalue weighted by Gasteiger charge is 2.60. The summed E-state index contributed by atoms with van der Waals surface area (Å²) >= 11 is 0. The van der Waals surface area contributed by atoms with Crippen LogP contribution in [-0.4, -0.2) is 50.0 Å². The third kappa shape index (κ3) is 5.08. The smallest absolute Gasteiger partial charge is 0.347 e. The summed E-state index contributed by atoms with van der Waals surface area (Å²) in [4.78, 5) is 15.4. The molecule has 0 radical (unpaired) electrons. The van der Waals surface area contributed by atoms with E-state index in [0.717, 1.165) is 34.3 Å². The summed E-state index contributed by atoms with van der Waals surface area (Å²) in [5.74, 6) is -0.294. The van der Waals surface area contributed by atoms with E-state index in [2.05, 4.69) is 81.4 Å². The summed E-state index contributed by atoms with van der Waals surface area (Å²) < 4.78 is 16.1. The van der Waals surface area contributed by atoms with Crippen molar-refractivity contribution in [1.82, 2.24) is 0 Å². The minimum atomic E-state index is -3.22. The Morgan fingerprint density at radius 1 is 0.652 bits per heavy atom. The third-order valence-electron chi connectivity index (χ3n) is 11.4. The SMILES string of the molecule is CC(C)(C)[Si](OC(C(=O)OC1CC2CCC(C1)[N+]21CCCC1)(c1ccccc1)c1ccccc1)(c1ccccc1)c1ccccc1. The predicted octanol–water partition coefficient (Wildman–Crippen LogP) is 7.35. The number of nitrogens with zero attached hydrogens (tertiary/aromatic N) is 1. The van der Waals surface area contributed by atoms with Crippen molar-refractivity contribution in [3.05, 3.63) is 132 Å². The second-order valence-corrected chi connectivity index (χ2v) is 19.0. The Bertz CT molecular complexity index is 1520. The average Bonchev–Trinajstić information content (AvgIpc) is 3.63. The molecule has 2 bridgehead atoms. The molecule has 0 saturated carbocycles. The monoisotopic (exact) mass is 630 g/mol. The largest absolute Gasteiger partial charge is 0.459 e. The number of benzene rings is 4. The summed E-state index contributed by atoms with van der Waals surface area (Å²) in [6.45, 7) is 9.39. The molecule has 3 aliphatic heterocycles. The van der Waals surface area contributed by atoms with Crippen molar-refractivity contribution >= 4 is 24.7 Å². The maximum atomic E-state index is 15.4. The number of quaternary nitrogens is 1. The van der Waals surface area contributed by atoms with Gasteiger partial charge in [0.15, 0.2) is 0 Å². The zero-order valence-electron chi connectivity index (χ0n) is 27.6. The fourth-order valence-electron chi connectivity index (χ4n) is 9.33. The highest BCUT2D eigenvalue weighted by molar-refractivity contribution is 6.99. The van der Waals surface area contributed by atoms with Crippen LogP contribution >= 0.6 is 0 Å². The van der Waals surface area contributed by atoms with Gasteiger partial charge in [-0.05, 0) is 26.5 Å². The molecule has 238 valence electrons. The van der Waals surface area contributed by atoms with Gasteiger partial charge < -0.3 is 13.6 Å². The Morgan fingerprint density at radius 2 is 1.07 bits per heavy atom. The molecule has 46 heavy (non-hydrogen) atoms. The Labute approximate surface area is 276 Å². The van der Waals surface area contributed by atoms with E-state index in [0.29, 0.717) is 12.1 Å². The van der Waals surface area contributed by atoms with E-state index in [-0.39, 0.29) is 17.1 Å². The van der Waals surface area contributed by atoms with E-state index in [1.807, 2.05) is 60.7 Å². The molecule has 3 saturated heterocycles. The zero-order chi connectivity index (χ0) is 31.8. The molecule has 7 rings (SSSR count). The van der Waals surface area contributed by atoms with Crippen molar-refractivity contribution in [2.45, 2.75) is 88.1 Å². The van der Waals surface area contributed by atoms with Crippen molar-refractivity contribution in [3.63, 3.8) is 0 Å². The molecule has 2 unspecified atom stereocenters. The highest BCUT2D eigenvalue weighted by Crippen LogP contribution is 2.49. The van der Waals surface area contributed by atoms with Gasteiger partial charge in [0, 0.05) is 38.5 Å². The molecule has 2 atom stereocenters. The van der Waals surface area contributed by atoms with Gasteiger partial charge in [0.05, 0.1) is 25.2 Å². The van der Waals surface area contributed by atoms with Crippen LogP contribution in [-0.2, 0) is 19.6 Å². The first-order valence-corrected chi connectivity index (χ1v) is 19.2. The molecule has 4 aromatic rings. The first-order valence-electron chi connectivity index (χ1n) is 17.3. The van der Waals surface area contributed by atoms with Crippen LogP contribution in [0.1, 0.15) is 70.4 Å². The quantitative estimate of drug-likeness (QED) is 0.116. The third-order valence-corrected chi connectivity index (χ3v) is 16.4. The van der Waals surface area contributed by atoms with Gasteiger partial charge >= 0.3 is 5.97 Å². The maximum absolute atomic E-state index is 15.4. The summed E-state index contributed by atoms with van der Waals surface area (Å²) in [6, 6.07) is 42.7. The van der Waals surface area contributed by atoms with Gasteiger partial charge in [0.1, 0.15) is 6.10 Å². The molecular formula is C41H48NO3Si+. The van der Waals surface area contributed by atoms with Crippen LogP contribution in [0.2, 0.25) is 5.04 Å². The fraction of sp³-hybridized carbons (Fsp3) is 0.390. The molecule has 0 aromatic heterocycles. The van der Waals surface area contributed by atoms with E-state index in [9.17, 15) is 0 Å². The summed E-state index contributed by atoms with van der Waals surface area (Å²) in [5, 5.41) is 1.93. The average molecular weight is 631 g/mol. The Kier molecular flexibility index (Phi) is 8.29. The molecule has 0 amide bonds. The molecule has 5 heteroatoms. The molecular weight excluding hydrogens is 583 g/mol. The first-order chi connectivity index (χ1) is 22.3. The molecule has 3 aliphatic rings. The number of hydrogen-bond acceptors (Lipinski definition) is 3. The number of esters is 1. The zero-order valence-corrected chi connectivity index (χ0v) is 28.6. The van der Waals surface area contributed by atoms with Crippen molar-refractivity contribution in [1.29, 1.82) is 0 Å². The Balaban J connectivity index is 1.40. The molecule has 0 aliphatic carbocycles.